The summed E-state index contributed by atoms with van der Waals surface area (Å²) in [6, 6.07) is 8.85. The zero-order chi connectivity index (χ0) is 21.3. The second kappa shape index (κ2) is 11.7. The Morgan fingerprint density at radius 1 is 1.14 bits per heavy atom. The van der Waals surface area contributed by atoms with Crippen molar-refractivity contribution >= 4 is 5.69 Å². The number of anilines is 1. The number of nitrogens with two attached hydrogens (primary N) is 1. The standard InChI is InChI=1S/C26H40N2/c1-9-12-25(20(6)10-2)26(18-27)28(22(8)11-3)24-15-13-23(14-16-24)17-21(7)19(4)5/h10,13-16,21H,4,8-9,11-12,17-18,27H2,1-3,5-7H3/b20-10+,26-25-. The molecule has 0 amide bonds. The van der Waals surface area contributed by atoms with Gasteiger partial charge in [-0.15, -0.1) is 0 Å². The number of rotatable bonds is 11. The summed E-state index contributed by atoms with van der Waals surface area (Å²) in [6.45, 7) is 21.9. The van der Waals surface area contributed by atoms with Crippen LogP contribution in [0.4, 0.5) is 5.69 Å². The van der Waals surface area contributed by atoms with Crippen LogP contribution >= 0.6 is 0 Å². The molecular formula is C26H40N2. The quantitative estimate of drug-likeness (QED) is 0.326. The van der Waals surface area contributed by atoms with Crippen LogP contribution in [0.1, 0.15) is 66.4 Å². The third-order valence-electron chi connectivity index (χ3n) is 5.52. The Hall–Kier alpha value is -2.06. The molecule has 1 rings (SSSR count). The van der Waals surface area contributed by atoms with Gasteiger partial charge in [-0.25, -0.2) is 0 Å². The molecule has 2 nitrogen and oxygen atoms in total. The third-order valence-corrected chi connectivity index (χ3v) is 5.52. The molecule has 1 aromatic carbocycles. The molecular weight excluding hydrogens is 340 g/mol. The van der Waals surface area contributed by atoms with Crippen molar-refractivity contribution in [2.75, 3.05) is 11.4 Å². The fraction of sp³-hybridized carbons (Fsp3) is 0.462. The van der Waals surface area contributed by atoms with Gasteiger partial charge in [0.25, 0.3) is 0 Å². The first kappa shape index (κ1) is 24.0. The minimum Gasteiger partial charge on any atom is -0.325 e. The van der Waals surface area contributed by atoms with E-state index in [-0.39, 0.29) is 0 Å². The van der Waals surface area contributed by atoms with Gasteiger partial charge in [0.2, 0.25) is 0 Å². The highest BCUT2D eigenvalue weighted by Gasteiger charge is 2.18. The van der Waals surface area contributed by atoms with Crippen LogP contribution in [0.15, 0.2) is 71.6 Å². The molecule has 1 unspecified atom stereocenters. The number of hydrogen-bond acceptors (Lipinski definition) is 2. The summed E-state index contributed by atoms with van der Waals surface area (Å²) in [4.78, 5) is 2.27. The molecule has 28 heavy (non-hydrogen) atoms. The molecule has 1 atom stereocenters. The second-order valence-electron chi connectivity index (χ2n) is 7.72. The van der Waals surface area contributed by atoms with Gasteiger partial charge in [-0.05, 0) is 69.2 Å². The summed E-state index contributed by atoms with van der Waals surface area (Å²) >= 11 is 0. The van der Waals surface area contributed by atoms with Crippen molar-refractivity contribution in [3.63, 3.8) is 0 Å². The van der Waals surface area contributed by atoms with Crippen LogP contribution in [0.5, 0.6) is 0 Å². The van der Waals surface area contributed by atoms with E-state index in [0.29, 0.717) is 12.5 Å². The average molecular weight is 381 g/mol. The highest BCUT2D eigenvalue weighted by atomic mass is 15.2. The van der Waals surface area contributed by atoms with Crippen molar-refractivity contribution in [2.24, 2.45) is 11.7 Å². The molecule has 0 heterocycles. The van der Waals surface area contributed by atoms with Crippen LogP contribution in [-0.2, 0) is 6.42 Å². The molecule has 0 saturated heterocycles. The maximum atomic E-state index is 6.28. The van der Waals surface area contributed by atoms with Gasteiger partial charge in [-0.1, -0.05) is 69.7 Å². The number of nitrogens with zero attached hydrogens (tertiary/aromatic N) is 1. The Bertz CT molecular complexity index is 719. The lowest BCUT2D eigenvalue weighted by Gasteiger charge is -2.31. The Morgan fingerprint density at radius 3 is 2.18 bits per heavy atom. The summed E-state index contributed by atoms with van der Waals surface area (Å²) in [5.41, 5.74) is 14.8. The van der Waals surface area contributed by atoms with Crippen LogP contribution in [0.3, 0.4) is 0 Å². The smallest absolute Gasteiger partial charge is 0.0455 e. The molecule has 2 N–H and O–H groups in total. The van der Waals surface area contributed by atoms with E-state index in [1.165, 1.54) is 22.3 Å². The minimum absolute atomic E-state index is 0.487. The SMILES string of the molecule is C=C(C)C(C)Cc1ccc(N(C(=C)CC)/C(CN)=C(CCC)\C(C)=C\C)cc1. The molecule has 1 aromatic rings. The van der Waals surface area contributed by atoms with Gasteiger partial charge in [-0.2, -0.15) is 0 Å². The van der Waals surface area contributed by atoms with Gasteiger partial charge < -0.3 is 10.6 Å². The third kappa shape index (κ3) is 6.24. The van der Waals surface area contributed by atoms with E-state index in [1.807, 2.05) is 0 Å². The fourth-order valence-corrected chi connectivity index (χ4v) is 3.34. The molecule has 0 fully saturated rings. The lowest BCUT2D eigenvalue weighted by Crippen LogP contribution is -2.28. The molecule has 0 spiro atoms. The summed E-state index contributed by atoms with van der Waals surface area (Å²) in [5, 5.41) is 0. The van der Waals surface area contributed by atoms with E-state index >= 15 is 0 Å². The average Bonchev–Trinajstić information content (AvgIpc) is 2.70. The molecule has 2 heteroatoms. The largest absolute Gasteiger partial charge is 0.325 e. The van der Waals surface area contributed by atoms with E-state index in [2.05, 4.69) is 89.9 Å². The summed E-state index contributed by atoms with van der Waals surface area (Å²) in [7, 11) is 0. The highest BCUT2D eigenvalue weighted by Crippen LogP contribution is 2.31. The summed E-state index contributed by atoms with van der Waals surface area (Å²) < 4.78 is 0. The molecule has 0 aliphatic carbocycles. The zero-order valence-corrected chi connectivity index (χ0v) is 18.9. The highest BCUT2D eigenvalue weighted by molar-refractivity contribution is 5.61. The topological polar surface area (TPSA) is 29.3 Å². The first-order valence-corrected chi connectivity index (χ1v) is 10.6. The van der Waals surface area contributed by atoms with E-state index in [9.17, 15) is 0 Å². The van der Waals surface area contributed by atoms with Gasteiger partial charge in [0, 0.05) is 23.6 Å². The van der Waals surface area contributed by atoms with Crippen LogP contribution in [0.25, 0.3) is 0 Å². The second-order valence-corrected chi connectivity index (χ2v) is 7.72. The molecule has 0 radical (unpaired) electrons. The molecule has 154 valence electrons. The van der Waals surface area contributed by atoms with Crippen molar-refractivity contribution in [1.29, 1.82) is 0 Å². The Kier molecular flexibility index (Phi) is 10.0. The predicted molar refractivity (Wildman–Crippen MR) is 126 cm³/mol. The Balaban J connectivity index is 3.41. The summed E-state index contributed by atoms with van der Waals surface area (Å²) in [5.74, 6) is 0.487. The monoisotopic (exact) mass is 380 g/mol. The van der Waals surface area contributed by atoms with E-state index in [4.69, 9.17) is 5.73 Å². The van der Waals surface area contributed by atoms with Gasteiger partial charge >= 0.3 is 0 Å². The number of hydrogen-bond donors (Lipinski definition) is 1. The van der Waals surface area contributed by atoms with Crippen molar-refractivity contribution in [3.8, 4) is 0 Å². The normalized spacial score (nSPS) is 13.8. The van der Waals surface area contributed by atoms with E-state index in [0.717, 1.165) is 42.8 Å². The maximum absolute atomic E-state index is 6.28. The molecule has 0 saturated carbocycles. The maximum Gasteiger partial charge on any atom is 0.0455 e. The minimum atomic E-state index is 0.487. The van der Waals surface area contributed by atoms with Crippen molar-refractivity contribution in [1.82, 2.24) is 0 Å². The predicted octanol–water partition coefficient (Wildman–Crippen LogP) is 7.15. The van der Waals surface area contributed by atoms with Crippen molar-refractivity contribution in [3.05, 3.63) is 77.2 Å². The fourth-order valence-electron chi connectivity index (χ4n) is 3.34. The van der Waals surface area contributed by atoms with Crippen LogP contribution in [0, 0.1) is 5.92 Å². The summed E-state index contributed by atoms with van der Waals surface area (Å²) in [6.07, 6.45) is 6.18. The van der Waals surface area contributed by atoms with Gasteiger partial charge in [0.1, 0.15) is 0 Å². The number of allylic oxidation sites excluding steroid dienone is 5. The van der Waals surface area contributed by atoms with Crippen LogP contribution < -0.4 is 10.6 Å². The number of benzene rings is 1. The van der Waals surface area contributed by atoms with E-state index < -0.39 is 0 Å². The lowest BCUT2D eigenvalue weighted by atomic mass is 9.95. The first-order valence-electron chi connectivity index (χ1n) is 10.6. The van der Waals surface area contributed by atoms with E-state index in [1.54, 1.807) is 0 Å². The molecule has 0 bridgehead atoms. The molecule has 0 aromatic heterocycles. The zero-order valence-electron chi connectivity index (χ0n) is 18.9. The van der Waals surface area contributed by atoms with Crippen LogP contribution in [-0.4, -0.2) is 6.54 Å². The van der Waals surface area contributed by atoms with Crippen LogP contribution in [0.2, 0.25) is 0 Å². The van der Waals surface area contributed by atoms with Crippen molar-refractivity contribution < 1.29 is 0 Å². The van der Waals surface area contributed by atoms with Gasteiger partial charge in [0.15, 0.2) is 0 Å². The lowest BCUT2D eigenvalue weighted by molar-refractivity contribution is 0.680. The first-order chi connectivity index (χ1) is 13.3. The molecule has 0 aliphatic heterocycles. The Morgan fingerprint density at radius 2 is 1.75 bits per heavy atom. The van der Waals surface area contributed by atoms with Gasteiger partial charge in [-0.3, -0.25) is 0 Å². The van der Waals surface area contributed by atoms with Crippen molar-refractivity contribution in [2.45, 2.75) is 67.2 Å². The van der Waals surface area contributed by atoms with Gasteiger partial charge in [0.05, 0.1) is 0 Å². The Labute approximate surface area is 173 Å². The molecule has 0 aliphatic rings.